The van der Waals surface area contributed by atoms with E-state index in [0.717, 1.165) is 5.06 Å². The highest BCUT2D eigenvalue weighted by Gasteiger charge is 2.27. The molecule has 5 nitrogen and oxygen atoms in total. The summed E-state index contributed by atoms with van der Waals surface area (Å²) in [5.41, 5.74) is 0.505. The Hall–Kier alpha value is -1.65. The van der Waals surface area contributed by atoms with Crippen molar-refractivity contribution in [2.45, 2.75) is 39.0 Å². The van der Waals surface area contributed by atoms with E-state index in [4.69, 9.17) is 4.84 Å². The van der Waals surface area contributed by atoms with E-state index in [-0.39, 0.29) is 18.1 Å². The normalized spacial score (nSPS) is 15.4. The summed E-state index contributed by atoms with van der Waals surface area (Å²) in [6, 6.07) is 0. The standard InChI is InChI=1S/C11H15NO4/c1-8-6-7-10(14)12(8)16-11(15)5-3-4-9(2)13/h1,3-7H2,2H3. The summed E-state index contributed by atoms with van der Waals surface area (Å²) in [5, 5.41) is 0.954. The van der Waals surface area contributed by atoms with Gasteiger partial charge in [-0.25, -0.2) is 4.79 Å². The monoisotopic (exact) mass is 225 g/mol. The molecule has 1 saturated heterocycles. The first-order valence-corrected chi connectivity index (χ1v) is 5.21. The van der Waals surface area contributed by atoms with Crippen LogP contribution in [0.2, 0.25) is 0 Å². The Morgan fingerprint density at radius 1 is 1.38 bits per heavy atom. The van der Waals surface area contributed by atoms with E-state index in [9.17, 15) is 14.4 Å². The van der Waals surface area contributed by atoms with Crippen molar-refractivity contribution in [3.05, 3.63) is 12.3 Å². The SMILES string of the molecule is C=C1CCC(=O)N1OC(=O)CCCC(C)=O. The lowest BCUT2D eigenvalue weighted by atomic mass is 10.2. The summed E-state index contributed by atoms with van der Waals surface area (Å²) in [6.45, 7) is 5.09. The second-order valence-corrected chi connectivity index (χ2v) is 3.77. The van der Waals surface area contributed by atoms with Gasteiger partial charge in [0.1, 0.15) is 5.78 Å². The first kappa shape index (κ1) is 12.4. The largest absolute Gasteiger partial charge is 0.334 e. The molecule has 0 aromatic carbocycles. The molecule has 16 heavy (non-hydrogen) atoms. The van der Waals surface area contributed by atoms with Crippen LogP contribution in [0, 0.1) is 0 Å². The lowest BCUT2D eigenvalue weighted by Gasteiger charge is -2.15. The molecular weight excluding hydrogens is 210 g/mol. The predicted molar refractivity (Wildman–Crippen MR) is 55.8 cm³/mol. The second kappa shape index (κ2) is 5.44. The number of rotatable bonds is 5. The average Bonchev–Trinajstić information content (AvgIpc) is 2.49. The molecule has 1 rings (SSSR count). The molecule has 1 aliphatic rings. The highest BCUT2D eigenvalue weighted by Crippen LogP contribution is 2.21. The van der Waals surface area contributed by atoms with Crippen molar-refractivity contribution >= 4 is 17.7 Å². The quantitative estimate of drug-likeness (QED) is 0.708. The van der Waals surface area contributed by atoms with E-state index in [1.165, 1.54) is 6.92 Å². The van der Waals surface area contributed by atoms with E-state index in [0.29, 0.717) is 31.4 Å². The van der Waals surface area contributed by atoms with Crippen molar-refractivity contribution < 1.29 is 19.2 Å². The van der Waals surface area contributed by atoms with Crippen LogP contribution in [0.15, 0.2) is 12.3 Å². The topological polar surface area (TPSA) is 63.7 Å². The fraction of sp³-hybridized carbons (Fsp3) is 0.545. The molecule has 0 aromatic heterocycles. The molecule has 1 aliphatic heterocycles. The number of hydrogen-bond donors (Lipinski definition) is 0. The third-order valence-electron chi connectivity index (χ3n) is 2.24. The summed E-state index contributed by atoms with van der Waals surface area (Å²) in [7, 11) is 0. The Morgan fingerprint density at radius 3 is 2.56 bits per heavy atom. The highest BCUT2D eigenvalue weighted by atomic mass is 16.7. The van der Waals surface area contributed by atoms with Gasteiger partial charge in [-0.1, -0.05) is 6.58 Å². The highest BCUT2D eigenvalue weighted by molar-refractivity contribution is 5.82. The van der Waals surface area contributed by atoms with E-state index >= 15 is 0 Å². The molecule has 1 heterocycles. The number of Topliss-reactive ketones (excluding diaryl/α,β-unsaturated/α-hetero) is 1. The Kier molecular flexibility index (Phi) is 4.22. The number of ketones is 1. The van der Waals surface area contributed by atoms with Gasteiger partial charge in [0.2, 0.25) is 0 Å². The molecule has 0 aromatic rings. The van der Waals surface area contributed by atoms with Crippen LogP contribution < -0.4 is 0 Å². The zero-order chi connectivity index (χ0) is 12.1. The van der Waals surface area contributed by atoms with Gasteiger partial charge in [-0.05, 0) is 19.8 Å². The molecule has 0 aliphatic carbocycles. The molecule has 0 saturated carbocycles. The van der Waals surface area contributed by atoms with E-state index in [2.05, 4.69) is 6.58 Å². The van der Waals surface area contributed by atoms with Crippen LogP contribution in [0.1, 0.15) is 39.0 Å². The van der Waals surface area contributed by atoms with Gasteiger partial charge in [0.05, 0.1) is 5.70 Å². The molecule has 0 atom stereocenters. The molecule has 0 radical (unpaired) electrons. The smallest absolute Gasteiger partial charge is 0.333 e. The van der Waals surface area contributed by atoms with Crippen LogP contribution in [0.5, 0.6) is 0 Å². The zero-order valence-corrected chi connectivity index (χ0v) is 9.32. The molecule has 0 unspecified atom stereocenters. The van der Waals surface area contributed by atoms with E-state index in [1.807, 2.05) is 0 Å². The molecule has 88 valence electrons. The van der Waals surface area contributed by atoms with Crippen molar-refractivity contribution in [3.63, 3.8) is 0 Å². The fourth-order valence-corrected chi connectivity index (χ4v) is 1.38. The minimum absolute atomic E-state index is 0.0365. The first-order valence-electron chi connectivity index (χ1n) is 5.21. The number of nitrogens with zero attached hydrogens (tertiary/aromatic N) is 1. The lowest BCUT2D eigenvalue weighted by molar-refractivity contribution is -0.186. The zero-order valence-electron chi connectivity index (χ0n) is 9.32. The van der Waals surface area contributed by atoms with Gasteiger partial charge in [-0.3, -0.25) is 4.79 Å². The van der Waals surface area contributed by atoms with Gasteiger partial charge < -0.3 is 9.63 Å². The maximum Gasteiger partial charge on any atom is 0.333 e. The minimum atomic E-state index is -0.502. The Bertz CT molecular complexity index is 319. The van der Waals surface area contributed by atoms with Crippen molar-refractivity contribution in [2.24, 2.45) is 0 Å². The summed E-state index contributed by atoms with van der Waals surface area (Å²) in [5.74, 6) is -0.711. The number of amides is 1. The Morgan fingerprint density at radius 2 is 2.06 bits per heavy atom. The number of allylic oxidation sites excluding steroid dienone is 1. The van der Waals surface area contributed by atoms with Gasteiger partial charge >= 0.3 is 5.97 Å². The number of carbonyl (C=O) groups excluding carboxylic acids is 3. The Balaban J connectivity index is 2.31. The van der Waals surface area contributed by atoms with Crippen LogP contribution >= 0.6 is 0 Å². The van der Waals surface area contributed by atoms with Crippen LogP contribution in [0.3, 0.4) is 0 Å². The summed E-state index contributed by atoms with van der Waals surface area (Å²) < 4.78 is 0. The molecule has 0 N–H and O–H groups in total. The fourth-order valence-electron chi connectivity index (χ4n) is 1.38. The van der Waals surface area contributed by atoms with Crippen LogP contribution in [0.4, 0.5) is 0 Å². The number of hydroxylamine groups is 2. The van der Waals surface area contributed by atoms with Crippen LogP contribution in [0.25, 0.3) is 0 Å². The minimum Gasteiger partial charge on any atom is -0.334 e. The van der Waals surface area contributed by atoms with Gasteiger partial charge in [-0.2, -0.15) is 0 Å². The predicted octanol–water partition coefficient (Wildman–Crippen LogP) is 1.34. The lowest BCUT2D eigenvalue weighted by Crippen LogP contribution is -2.26. The van der Waals surface area contributed by atoms with Crippen LogP contribution in [-0.4, -0.2) is 22.7 Å². The molecular formula is C11H15NO4. The Labute approximate surface area is 94.0 Å². The number of carbonyl (C=O) groups is 3. The summed E-state index contributed by atoms with van der Waals surface area (Å²) >= 11 is 0. The average molecular weight is 225 g/mol. The number of hydrogen-bond acceptors (Lipinski definition) is 4. The molecule has 0 bridgehead atoms. The van der Waals surface area contributed by atoms with Crippen molar-refractivity contribution in [2.75, 3.05) is 0 Å². The van der Waals surface area contributed by atoms with Crippen LogP contribution in [-0.2, 0) is 19.2 Å². The van der Waals surface area contributed by atoms with Gasteiger partial charge in [0, 0.05) is 19.3 Å². The molecule has 5 heteroatoms. The van der Waals surface area contributed by atoms with Gasteiger partial charge in [-0.15, -0.1) is 5.06 Å². The third-order valence-corrected chi connectivity index (χ3v) is 2.24. The summed E-state index contributed by atoms with van der Waals surface area (Å²) in [4.78, 5) is 38.0. The van der Waals surface area contributed by atoms with Crippen molar-refractivity contribution in [1.82, 2.24) is 5.06 Å². The van der Waals surface area contributed by atoms with Crippen molar-refractivity contribution in [1.29, 1.82) is 0 Å². The maximum atomic E-state index is 11.3. The molecule has 0 spiro atoms. The van der Waals surface area contributed by atoms with Gasteiger partial charge in [0.15, 0.2) is 0 Å². The third kappa shape index (κ3) is 3.49. The second-order valence-electron chi connectivity index (χ2n) is 3.77. The first-order chi connectivity index (χ1) is 7.50. The maximum absolute atomic E-state index is 11.3. The summed E-state index contributed by atoms with van der Waals surface area (Å²) in [6.07, 6.45) is 1.79. The van der Waals surface area contributed by atoms with E-state index < -0.39 is 5.97 Å². The molecule has 1 fully saturated rings. The van der Waals surface area contributed by atoms with Crippen molar-refractivity contribution in [3.8, 4) is 0 Å². The van der Waals surface area contributed by atoms with Gasteiger partial charge in [0.25, 0.3) is 5.91 Å². The van der Waals surface area contributed by atoms with E-state index in [1.54, 1.807) is 0 Å². The molecule has 1 amide bonds.